The molecule has 0 radical (unpaired) electrons. The Hall–Kier alpha value is -3.32. The second kappa shape index (κ2) is 9.74. The first-order chi connectivity index (χ1) is 16.6. The molecule has 1 aliphatic heterocycles. The van der Waals surface area contributed by atoms with Gasteiger partial charge in [0.2, 0.25) is 0 Å². The van der Waals surface area contributed by atoms with E-state index in [-0.39, 0.29) is 49.0 Å². The van der Waals surface area contributed by atoms with Gasteiger partial charge < -0.3 is 9.84 Å². The van der Waals surface area contributed by atoms with Crippen LogP contribution in [0.3, 0.4) is 0 Å². The first-order valence-corrected chi connectivity index (χ1v) is 11.6. The van der Waals surface area contributed by atoms with Crippen molar-refractivity contribution < 1.29 is 23.0 Å². The minimum absolute atomic E-state index is 0.00826. The monoisotopic (exact) mass is 509 g/mol. The molecule has 0 unspecified atom stereocenters. The summed E-state index contributed by atoms with van der Waals surface area (Å²) in [5, 5.41) is 9.17. The smallest absolute Gasteiger partial charge is 0.416 e. The number of fused-ring (bicyclic) bond motifs is 1. The summed E-state index contributed by atoms with van der Waals surface area (Å²) in [6, 6.07) is 4.16. The Labute approximate surface area is 201 Å². The molecule has 0 bridgehead atoms. The number of nitrogens with zero attached hydrogens (tertiary/aromatic N) is 5. The zero-order valence-electron chi connectivity index (χ0n) is 18.9. The fourth-order valence-corrected chi connectivity index (χ4v) is 4.25. The highest BCUT2D eigenvalue weighted by atomic mass is 32.2. The van der Waals surface area contributed by atoms with Crippen molar-refractivity contribution in [1.29, 1.82) is 0 Å². The average Bonchev–Trinajstić information content (AvgIpc) is 3.16. The van der Waals surface area contributed by atoms with E-state index >= 15 is 0 Å². The van der Waals surface area contributed by atoms with Gasteiger partial charge in [-0.15, -0.1) is 11.8 Å². The summed E-state index contributed by atoms with van der Waals surface area (Å²) in [6.07, 6.45) is -2.69. The van der Waals surface area contributed by atoms with Crippen LogP contribution in [0.5, 0.6) is 11.8 Å². The van der Waals surface area contributed by atoms with Gasteiger partial charge in [0.25, 0.3) is 5.56 Å². The summed E-state index contributed by atoms with van der Waals surface area (Å²) >= 11 is 1.56. The van der Waals surface area contributed by atoms with Crippen molar-refractivity contribution in [2.45, 2.75) is 32.6 Å². The van der Waals surface area contributed by atoms with E-state index in [1.165, 1.54) is 28.3 Å². The van der Waals surface area contributed by atoms with Crippen molar-refractivity contribution in [3.05, 3.63) is 61.8 Å². The van der Waals surface area contributed by atoms with E-state index in [0.29, 0.717) is 11.5 Å². The predicted molar refractivity (Wildman–Crippen MR) is 126 cm³/mol. The number of benzene rings is 1. The fourth-order valence-electron chi connectivity index (χ4n) is 3.57. The minimum atomic E-state index is -4.57. The lowest BCUT2D eigenvalue weighted by Gasteiger charge is -2.15. The molecule has 9 nitrogen and oxygen atoms in total. The summed E-state index contributed by atoms with van der Waals surface area (Å²) in [4.78, 5) is 35.8. The fraction of sp³-hybridized carbons (Fsp3) is 0.364. The van der Waals surface area contributed by atoms with Crippen LogP contribution in [0.25, 0.3) is 11.2 Å². The van der Waals surface area contributed by atoms with Crippen molar-refractivity contribution in [3.8, 4) is 11.8 Å². The number of hydrogen-bond donors (Lipinski definition) is 1. The highest BCUT2D eigenvalue weighted by Gasteiger charge is 2.31. The number of alkyl halides is 3. The van der Waals surface area contributed by atoms with Crippen LogP contribution in [0.4, 0.5) is 13.2 Å². The molecule has 0 fully saturated rings. The third-order valence-electron chi connectivity index (χ3n) is 5.34. The number of rotatable bonds is 7. The quantitative estimate of drug-likeness (QED) is 0.525. The van der Waals surface area contributed by atoms with Crippen LogP contribution in [0.15, 0.2) is 50.0 Å². The van der Waals surface area contributed by atoms with Gasteiger partial charge in [0.1, 0.15) is 5.75 Å². The molecule has 0 atom stereocenters. The molecule has 186 valence electrons. The Morgan fingerprint density at radius 1 is 1.23 bits per heavy atom. The van der Waals surface area contributed by atoms with Gasteiger partial charge in [-0.05, 0) is 31.5 Å². The maximum Gasteiger partial charge on any atom is 0.416 e. The topological polar surface area (TPSA) is 104 Å². The Morgan fingerprint density at radius 2 is 2.00 bits per heavy atom. The van der Waals surface area contributed by atoms with Crippen molar-refractivity contribution in [2.75, 3.05) is 12.4 Å². The molecular formula is C22H22F3N5O4S. The Bertz CT molecular complexity index is 1450. The third-order valence-corrected chi connectivity index (χ3v) is 6.38. The number of halogens is 3. The average molecular weight is 510 g/mol. The van der Waals surface area contributed by atoms with Gasteiger partial charge in [-0.25, -0.2) is 4.79 Å². The highest BCUT2D eigenvalue weighted by Crippen LogP contribution is 2.33. The van der Waals surface area contributed by atoms with Crippen molar-refractivity contribution in [2.24, 2.45) is 12.0 Å². The van der Waals surface area contributed by atoms with E-state index in [0.717, 1.165) is 21.6 Å². The largest absolute Gasteiger partial charge is 0.425 e. The molecule has 0 aliphatic carbocycles. The Kier molecular flexibility index (Phi) is 6.90. The van der Waals surface area contributed by atoms with Gasteiger partial charge in [0, 0.05) is 42.8 Å². The molecule has 1 aliphatic rings. The molecule has 0 saturated heterocycles. The van der Waals surface area contributed by atoms with Crippen molar-refractivity contribution in [3.63, 3.8) is 0 Å². The first kappa shape index (κ1) is 24.8. The summed E-state index contributed by atoms with van der Waals surface area (Å²) in [6.45, 7) is 1.77. The molecule has 4 rings (SSSR count). The van der Waals surface area contributed by atoms with Gasteiger partial charge >= 0.3 is 17.9 Å². The van der Waals surface area contributed by atoms with Crippen molar-refractivity contribution in [1.82, 2.24) is 18.7 Å². The Morgan fingerprint density at radius 3 is 2.66 bits per heavy atom. The third kappa shape index (κ3) is 5.05. The number of aliphatic imine (C=N–C) groups is 1. The maximum atomic E-state index is 13.3. The molecule has 3 heterocycles. The minimum Gasteiger partial charge on any atom is -0.425 e. The number of allylic oxidation sites excluding steroid dienone is 1. The van der Waals surface area contributed by atoms with Crippen LogP contribution in [0, 0.1) is 0 Å². The zero-order chi connectivity index (χ0) is 25.3. The van der Waals surface area contributed by atoms with E-state index < -0.39 is 23.0 Å². The van der Waals surface area contributed by atoms with Crippen LogP contribution in [-0.2, 0) is 26.3 Å². The lowest BCUT2D eigenvalue weighted by atomic mass is 10.2. The molecule has 13 heteroatoms. The molecular weight excluding hydrogens is 487 g/mol. The number of thioether (sulfide) groups is 1. The number of aliphatic hydroxyl groups is 1. The molecule has 0 spiro atoms. The van der Waals surface area contributed by atoms with Gasteiger partial charge in [-0.3, -0.25) is 23.5 Å². The number of imidazole rings is 1. The number of ether oxygens (including phenoxy) is 1. The molecule has 0 amide bonds. The van der Waals surface area contributed by atoms with Gasteiger partial charge in [0.15, 0.2) is 11.2 Å². The van der Waals surface area contributed by atoms with Gasteiger partial charge in [0.05, 0.1) is 12.1 Å². The lowest BCUT2D eigenvalue weighted by molar-refractivity contribution is -0.137. The van der Waals surface area contributed by atoms with E-state index in [1.54, 1.807) is 18.0 Å². The van der Waals surface area contributed by atoms with E-state index in [2.05, 4.69) is 9.98 Å². The summed E-state index contributed by atoms with van der Waals surface area (Å²) < 4.78 is 48.9. The molecule has 3 aromatic rings. The number of aromatic nitrogens is 4. The zero-order valence-corrected chi connectivity index (χ0v) is 19.7. The van der Waals surface area contributed by atoms with E-state index in [9.17, 15) is 22.8 Å². The highest BCUT2D eigenvalue weighted by molar-refractivity contribution is 8.03. The van der Waals surface area contributed by atoms with Crippen LogP contribution in [0.2, 0.25) is 0 Å². The molecule has 0 saturated carbocycles. The SMILES string of the molecule is CC1=CN=C(Cn2c(Oc3cccc(C(F)(F)F)c3)nc3c2c(=O)n(CCCO)c(=O)n3C)CS1. The second-order valence-electron chi connectivity index (χ2n) is 7.88. The molecule has 35 heavy (non-hydrogen) atoms. The van der Waals surface area contributed by atoms with Gasteiger partial charge in [-0.1, -0.05) is 6.07 Å². The van der Waals surface area contributed by atoms with Gasteiger partial charge in [-0.2, -0.15) is 18.2 Å². The standard InChI is InChI=1S/C22H22F3N5O4S/c1-13-10-26-15(12-35-13)11-30-17-18(28(2)21(33)29(19(17)32)7-4-8-31)27-20(30)34-16-6-3-5-14(9-16)22(23,24)25/h3,5-6,9-10,31H,4,7-8,11-12H2,1-2H3. The summed E-state index contributed by atoms with van der Waals surface area (Å²) in [5.74, 6) is 0.410. The van der Waals surface area contributed by atoms with Crippen LogP contribution in [0.1, 0.15) is 18.9 Å². The van der Waals surface area contributed by atoms with Crippen LogP contribution >= 0.6 is 11.8 Å². The summed E-state index contributed by atoms with van der Waals surface area (Å²) in [5.41, 5.74) is -1.41. The first-order valence-electron chi connectivity index (χ1n) is 10.6. The molecule has 2 aromatic heterocycles. The van der Waals surface area contributed by atoms with E-state index in [4.69, 9.17) is 9.84 Å². The van der Waals surface area contributed by atoms with Crippen LogP contribution in [-0.4, -0.2) is 41.9 Å². The Balaban J connectivity index is 1.89. The van der Waals surface area contributed by atoms with Crippen LogP contribution < -0.4 is 16.0 Å². The summed E-state index contributed by atoms with van der Waals surface area (Å²) in [7, 11) is 1.44. The molecule has 1 N–H and O–H groups in total. The lowest BCUT2D eigenvalue weighted by Crippen LogP contribution is -2.40. The number of aliphatic hydroxyl groups excluding tert-OH is 1. The maximum absolute atomic E-state index is 13.3. The van der Waals surface area contributed by atoms with E-state index in [1.807, 2.05) is 6.92 Å². The second-order valence-corrected chi connectivity index (χ2v) is 9.10. The number of aryl methyl sites for hydroxylation is 1. The molecule has 1 aromatic carbocycles. The number of hydrogen-bond acceptors (Lipinski definition) is 7. The normalized spacial score (nSPS) is 14.2. The predicted octanol–water partition coefficient (Wildman–Crippen LogP) is 3.14. The van der Waals surface area contributed by atoms with Crippen molar-refractivity contribution >= 4 is 28.6 Å².